The summed E-state index contributed by atoms with van der Waals surface area (Å²) in [5.74, 6) is -1.19. The van der Waals surface area contributed by atoms with Crippen LogP contribution in [0.15, 0.2) is 48.5 Å². The Hall–Kier alpha value is -3.17. The first-order valence-electron chi connectivity index (χ1n) is 7.86. The molecule has 2 rings (SSSR count). The molecule has 8 nitrogen and oxygen atoms in total. The van der Waals surface area contributed by atoms with Crippen LogP contribution < -0.4 is 20.9 Å². The van der Waals surface area contributed by atoms with Crippen LogP contribution in [0.5, 0.6) is 5.75 Å². The molecule has 0 unspecified atom stereocenters. The summed E-state index contributed by atoms with van der Waals surface area (Å²) >= 11 is 10.9. The monoisotopic (exact) mass is 421 g/mol. The van der Waals surface area contributed by atoms with Crippen molar-refractivity contribution in [1.29, 1.82) is 0 Å². The van der Waals surface area contributed by atoms with E-state index in [9.17, 15) is 14.4 Å². The molecule has 0 saturated carbocycles. The van der Waals surface area contributed by atoms with Gasteiger partial charge in [-0.1, -0.05) is 23.7 Å². The Morgan fingerprint density at radius 3 is 2.29 bits per heavy atom. The number of carbonyl (C=O) groups excluding carboxylic acids is 3. The molecule has 0 aliphatic carbocycles. The van der Waals surface area contributed by atoms with E-state index in [4.69, 9.17) is 28.6 Å². The number of para-hydroxylation sites is 1. The number of nitrogens with one attached hydrogen (secondary N) is 3. The number of benzene rings is 2. The van der Waals surface area contributed by atoms with Gasteiger partial charge < -0.3 is 9.47 Å². The number of halogens is 1. The van der Waals surface area contributed by atoms with Crippen LogP contribution in [0.1, 0.15) is 20.7 Å². The maximum absolute atomic E-state index is 12.1. The van der Waals surface area contributed by atoms with Gasteiger partial charge in [0, 0.05) is 5.56 Å². The lowest BCUT2D eigenvalue weighted by molar-refractivity contribution is -0.123. The average Bonchev–Trinajstić information content (AvgIpc) is 2.71. The van der Waals surface area contributed by atoms with Crippen molar-refractivity contribution < 1.29 is 23.9 Å². The number of methoxy groups -OCH3 is 1. The summed E-state index contributed by atoms with van der Waals surface area (Å²) in [5.41, 5.74) is 5.25. The van der Waals surface area contributed by atoms with Crippen LogP contribution in [-0.4, -0.2) is 36.6 Å². The van der Waals surface area contributed by atoms with Crippen molar-refractivity contribution in [3.63, 3.8) is 0 Å². The van der Waals surface area contributed by atoms with Gasteiger partial charge in [0.05, 0.1) is 17.7 Å². The van der Waals surface area contributed by atoms with Gasteiger partial charge in [-0.25, -0.2) is 4.79 Å². The van der Waals surface area contributed by atoms with E-state index in [1.807, 2.05) is 0 Å². The zero-order valence-electron chi connectivity index (χ0n) is 14.7. The third kappa shape index (κ3) is 6.22. The van der Waals surface area contributed by atoms with Gasteiger partial charge >= 0.3 is 5.97 Å². The molecule has 0 radical (unpaired) electrons. The van der Waals surface area contributed by atoms with Crippen LogP contribution in [-0.2, 0) is 9.53 Å². The van der Waals surface area contributed by atoms with Gasteiger partial charge in [-0.15, -0.1) is 0 Å². The first-order valence-corrected chi connectivity index (χ1v) is 8.65. The second kappa shape index (κ2) is 10.2. The number of amides is 2. The summed E-state index contributed by atoms with van der Waals surface area (Å²) in [7, 11) is 1.26. The fraction of sp³-hybridized carbons (Fsp3) is 0.111. The largest absolute Gasteiger partial charge is 0.482 e. The van der Waals surface area contributed by atoms with E-state index in [2.05, 4.69) is 20.9 Å². The van der Waals surface area contributed by atoms with Crippen LogP contribution in [0.3, 0.4) is 0 Å². The highest BCUT2D eigenvalue weighted by Crippen LogP contribution is 2.22. The minimum atomic E-state index is -0.529. The summed E-state index contributed by atoms with van der Waals surface area (Å²) < 4.78 is 9.85. The lowest BCUT2D eigenvalue weighted by Gasteiger charge is -2.12. The highest BCUT2D eigenvalue weighted by atomic mass is 35.5. The highest BCUT2D eigenvalue weighted by molar-refractivity contribution is 7.80. The SMILES string of the molecule is COC(=O)c1ccc(C(=O)NC(=S)NNC(=O)COc2ccccc2Cl)cc1. The van der Waals surface area contributed by atoms with Crippen LogP contribution in [0.4, 0.5) is 0 Å². The number of ether oxygens (including phenoxy) is 2. The molecule has 0 aromatic heterocycles. The Morgan fingerprint density at radius 1 is 1.00 bits per heavy atom. The molecular formula is C18H16ClN3O5S. The lowest BCUT2D eigenvalue weighted by Crippen LogP contribution is -2.49. The summed E-state index contributed by atoms with van der Waals surface area (Å²) in [6.45, 7) is -0.303. The molecule has 2 aromatic carbocycles. The molecule has 0 atom stereocenters. The van der Waals surface area contributed by atoms with Crippen molar-refractivity contribution in [2.45, 2.75) is 0 Å². The molecule has 0 saturated heterocycles. The maximum Gasteiger partial charge on any atom is 0.337 e. The van der Waals surface area contributed by atoms with Gasteiger partial charge in [0.1, 0.15) is 5.75 Å². The predicted molar refractivity (Wildman–Crippen MR) is 106 cm³/mol. The van der Waals surface area contributed by atoms with Crippen molar-refractivity contribution in [2.75, 3.05) is 13.7 Å². The Labute approximate surface area is 171 Å². The predicted octanol–water partition coefficient (Wildman–Crippen LogP) is 1.84. The third-order valence-electron chi connectivity index (χ3n) is 3.31. The van der Waals surface area contributed by atoms with Crippen molar-refractivity contribution in [3.05, 3.63) is 64.7 Å². The van der Waals surface area contributed by atoms with Crippen LogP contribution >= 0.6 is 23.8 Å². The standard InChI is InChI=1S/C18H16ClN3O5S/c1-26-17(25)12-8-6-11(7-9-12)16(24)20-18(28)22-21-15(23)10-27-14-5-3-2-4-13(14)19/h2-9H,10H2,1H3,(H,21,23)(H2,20,22,24,28). The van der Waals surface area contributed by atoms with Crippen LogP contribution in [0, 0.1) is 0 Å². The van der Waals surface area contributed by atoms with Gasteiger partial charge in [-0.3, -0.25) is 25.8 Å². The number of carbonyl (C=O) groups is 3. The highest BCUT2D eigenvalue weighted by Gasteiger charge is 2.11. The molecule has 28 heavy (non-hydrogen) atoms. The minimum absolute atomic E-state index is 0.117. The quantitative estimate of drug-likeness (QED) is 0.384. The van der Waals surface area contributed by atoms with E-state index in [0.29, 0.717) is 16.3 Å². The molecule has 0 aliphatic heterocycles. The third-order valence-corrected chi connectivity index (χ3v) is 3.82. The summed E-state index contributed by atoms with van der Waals surface area (Å²) in [6, 6.07) is 12.5. The second-order valence-corrected chi connectivity index (χ2v) is 6.06. The van der Waals surface area contributed by atoms with Crippen molar-refractivity contribution in [2.24, 2.45) is 0 Å². The molecule has 0 bridgehead atoms. The van der Waals surface area contributed by atoms with E-state index in [1.165, 1.54) is 31.4 Å². The van der Waals surface area contributed by atoms with E-state index in [0.717, 1.165) is 0 Å². The number of hydrazine groups is 1. The van der Waals surface area contributed by atoms with Gasteiger partial charge in [0.25, 0.3) is 11.8 Å². The summed E-state index contributed by atoms with van der Waals surface area (Å²) in [6.07, 6.45) is 0. The average molecular weight is 422 g/mol. The topological polar surface area (TPSA) is 106 Å². The molecule has 0 spiro atoms. The van der Waals surface area contributed by atoms with Gasteiger partial charge in [-0.2, -0.15) is 0 Å². The van der Waals surface area contributed by atoms with Crippen molar-refractivity contribution in [1.82, 2.24) is 16.2 Å². The van der Waals surface area contributed by atoms with E-state index >= 15 is 0 Å². The Bertz CT molecular complexity index is 889. The zero-order chi connectivity index (χ0) is 20.5. The van der Waals surface area contributed by atoms with E-state index in [1.54, 1.807) is 24.3 Å². The minimum Gasteiger partial charge on any atom is -0.482 e. The van der Waals surface area contributed by atoms with E-state index in [-0.39, 0.29) is 17.3 Å². The number of rotatable bonds is 5. The van der Waals surface area contributed by atoms with Gasteiger partial charge in [0.15, 0.2) is 11.7 Å². The number of hydrogen-bond acceptors (Lipinski definition) is 6. The molecular weight excluding hydrogens is 406 g/mol. The van der Waals surface area contributed by atoms with Gasteiger partial charge in [0.2, 0.25) is 0 Å². The fourth-order valence-electron chi connectivity index (χ4n) is 1.95. The number of hydrogen-bond donors (Lipinski definition) is 3. The molecule has 0 fully saturated rings. The molecule has 0 aliphatic rings. The maximum atomic E-state index is 12.1. The van der Waals surface area contributed by atoms with Crippen molar-refractivity contribution >= 4 is 46.7 Å². The molecule has 2 aromatic rings. The Balaban J connectivity index is 1.77. The first-order chi connectivity index (χ1) is 13.4. The molecule has 2 amide bonds. The zero-order valence-corrected chi connectivity index (χ0v) is 16.2. The van der Waals surface area contributed by atoms with Crippen LogP contribution in [0.2, 0.25) is 5.02 Å². The smallest absolute Gasteiger partial charge is 0.337 e. The first kappa shape index (κ1) is 21.1. The number of thiocarbonyl (C=S) groups is 1. The molecule has 146 valence electrons. The molecule has 10 heteroatoms. The Kier molecular flexibility index (Phi) is 7.73. The van der Waals surface area contributed by atoms with Crippen molar-refractivity contribution in [3.8, 4) is 5.75 Å². The normalized spacial score (nSPS) is 9.79. The van der Waals surface area contributed by atoms with Crippen LogP contribution in [0.25, 0.3) is 0 Å². The number of esters is 1. The molecule has 0 heterocycles. The fourth-order valence-corrected chi connectivity index (χ4v) is 2.28. The summed E-state index contributed by atoms with van der Waals surface area (Å²) in [5, 5.41) is 2.65. The lowest BCUT2D eigenvalue weighted by atomic mass is 10.1. The summed E-state index contributed by atoms with van der Waals surface area (Å²) in [4.78, 5) is 35.2. The van der Waals surface area contributed by atoms with Gasteiger partial charge in [-0.05, 0) is 48.6 Å². The second-order valence-electron chi connectivity index (χ2n) is 5.24. The van der Waals surface area contributed by atoms with E-state index < -0.39 is 17.8 Å². The molecule has 3 N–H and O–H groups in total. The Morgan fingerprint density at radius 2 is 1.64 bits per heavy atom.